The quantitative estimate of drug-likeness (QED) is 0.334. The Labute approximate surface area is 241 Å². The minimum atomic E-state index is -0.874. The lowest BCUT2D eigenvalue weighted by Crippen LogP contribution is -2.50. The Morgan fingerprint density at radius 2 is 1.66 bits per heavy atom. The molecule has 216 valence electrons. The zero-order chi connectivity index (χ0) is 29.5. The Hall–Kier alpha value is -4.37. The van der Waals surface area contributed by atoms with E-state index in [1.165, 1.54) is 6.92 Å². The highest BCUT2D eigenvalue weighted by Crippen LogP contribution is 2.31. The Morgan fingerprint density at radius 3 is 2.37 bits per heavy atom. The van der Waals surface area contributed by atoms with Crippen LogP contribution in [0, 0.1) is 5.92 Å². The molecule has 9 heteroatoms. The van der Waals surface area contributed by atoms with Crippen molar-refractivity contribution in [3.8, 4) is 0 Å². The first-order valence-electron chi connectivity index (χ1n) is 13.8. The van der Waals surface area contributed by atoms with E-state index in [4.69, 9.17) is 0 Å². The molecule has 4 rings (SSSR count). The summed E-state index contributed by atoms with van der Waals surface area (Å²) in [6.45, 7) is 1.90. The number of benzene rings is 3. The van der Waals surface area contributed by atoms with E-state index in [0.717, 1.165) is 16.9 Å². The van der Waals surface area contributed by atoms with Gasteiger partial charge in [0.15, 0.2) is 0 Å². The summed E-state index contributed by atoms with van der Waals surface area (Å²) in [6.07, 6.45) is -0.387. The Bertz CT molecular complexity index is 1360. The smallest absolute Gasteiger partial charge is 0.227 e. The van der Waals surface area contributed by atoms with Crippen LogP contribution in [0.1, 0.15) is 18.9 Å². The van der Waals surface area contributed by atoms with Crippen molar-refractivity contribution in [2.24, 2.45) is 5.92 Å². The number of hydrogen-bond donors (Lipinski definition) is 3. The first-order chi connectivity index (χ1) is 19.6. The molecule has 0 saturated carbocycles. The molecule has 1 heterocycles. The summed E-state index contributed by atoms with van der Waals surface area (Å²) in [5.41, 5.74) is 4.07. The molecule has 0 aromatic heterocycles. The van der Waals surface area contributed by atoms with Crippen molar-refractivity contribution < 1.29 is 19.5 Å². The van der Waals surface area contributed by atoms with E-state index < -0.39 is 18.1 Å². The molecule has 3 aromatic carbocycles. The van der Waals surface area contributed by atoms with E-state index in [1.807, 2.05) is 79.5 Å². The monoisotopic (exact) mass is 557 g/mol. The number of para-hydroxylation sites is 2. The lowest BCUT2D eigenvalue weighted by molar-refractivity contribution is -0.127. The fourth-order valence-corrected chi connectivity index (χ4v) is 5.09. The summed E-state index contributed by atoms with van der Waals surface area (Å²) >= 11 is 0. The average molecular weight is 558 g/mol. The third-order valence-electron chi connectivity index (χ3n) is 7.34. The van der Waals surface area contributed by atoms with Crippen molar-refractivity contribution in [2.45, 2.75) is 31.9 Å². The molecule has 3 N–H and O–H groups in total. The number of amides is 3. The normalized spacial score (nSPS) is 16.2. The van der Waals surface area contributed by atoms with Gasteiger partial charge < -0.3 is 30.4 Å². The van der Waals surface area contributed by atoms with Gasteiger partial charge in [-0.05, 0) is 42.3 Å². The van der Waals surface area contributed by atoms with Gasteiger partial charge in [0.25, 0.3) is 0 Å². The van der Waals surface area contributed by atoms with Crippen molar-refractivity contribution in [1.82, 2.24) is 5.32 Å². The molecule has 3 amide bonds. The Kier molecular flexibility index (Phi) is 9.62. The van der Waals surface area contributed by atoms with E-state index in [0.29, 0.717) is 24.3 Å². The zero-order valence-electron chi connectivity index (χ0n) is 24.1. The predicted octanol–water partition coefficient (Wildman–Crippen LogP) is 3.29. The van der Waals surface area contributed by atoms with Gasteiger partial charge in [-0.3, -0.25) is 14.4 Å². The highest BCUT2D eigenvalue weighted by Gasteiger charge is 2.37. The number of carbonyl (C=O) groups excluding carboxylic acids is 3. The maximum atomic E-state index is 13.5. The number of hydrogen-bond acceptors (Lipinski definition) is 6. The summed E-state index contributed by atoms with van der Waals surface area (Å²) in [7, 11) is 5.87. The van der Waals surface area contributed by atoms with E-state index in [1.54, 1.807) is 29.2 Å². The second-order valence-corrected chi connectivity index (χ2v) is 10.8. The number of aliphatic hydroxyl groups excluding tert-OH is 1. The van der Waals surface area contributed by atoms with Crippen LogP contribution in [0.3, 0.4) is 0 Å². The maximum Gasteiger partial charge on any atom is 0.227 e. The average Bonchev–Trinajstić information content (AvgIpc) is 3.34. The van der Waals surface area contributed by atoms with Crippen molar-refractivity contribution in [2.75, 3.05) is 54.2 Å². The number of nitrogens with zero attached hydrogens (tertiary/aromatic N) is 3. The van der Waals surface area contributed by atoms with Crippen molar-refractivity contribution in [3.63, 3.8) is 0 Å². The van der Waals surface area contributed by atoms with E-state index >= 15 is 0 Å². The summed E-state index contributed by atoms with van der Waals surface area (Å²) in [4.78, 5) is 43.7. The molecule has 1 aliphatic heterocycles. The fourth-order valence-electron chi connectivity index (χ4n) is 5.09. The molecule has 0 aliphatic carbocycles. The van der Waals surface area contributed by atoms with E-state index in [2.05, 4.69) is 16.7 Å². The minimum Gasteiger partial charge on any atom is -0.389 e. The number of rotatable bonds is 11. The molecule has 41 heavy (non-hydrogen) atoms. The van der Waals surface area contributed by atoms with Gasteiger partial charge in [0.05, 0.1) is 29.4 Å². The van der Waals surface area contributed by atoms with Gasteiger partial charge in [-0.2, -0.15) is 0 Å². The lowest BCUT2D eigenvalue weighted by Gasteiger charge is -2.30. The molecule has 0 bridgehead atoms. The standard InChI is InChI=1S/C32H39N5O4/c1-22(38)33-27-15-8-9-16-29(27)37-20-24(18-31(37)40)32(41)34-28(17-23-11-6-5-7-12-23)30(39)21-36(4)26-14-10-13-25(19-26)35(2)3/h5-16,19,24,28,30,39H,17-18,20-21H2,1-4H3,(H,33,38)(H,34,41)/t24-,28+,30?/m1/s1. The molecule has 1 fully saturated rings. The van der Waals surface area contributed by atoms with Crippen LogP contribution in [0.5, 0.6) is 0 Å². The van der Waals surface area contributed by atoms with Gasteiger partial charge in [-0.25, -0.2) is 0 Å². The zero-order valence-corrected chi connectivity index (χ0v) is 24.1. The molecule has 9 nitrogen and oxygen atoms in total. The number of anilines is 4. The minimum absolute atomic E-state index is 0.0472. The van der Waals surface area contributed by atoms with Gasteiger partial charge in [-0.15, -0.1) is 0 Å². The first-order valence-corrected chi connectivity index (χ1v) is 13.8. The number of aliphatic hydroxyl groups is 1. The third-order valence-corrected chi connectivity index (χ3v) is 7.34. The van der Waals surface area contributed by atoms with Crippen LogP contribution in [-0.4, -0.2) is 69.2 Å². The third kappa shape index (κ3) is 7.64. The van der Waals surface area contributed by atoms with Gasteiger partial charge in [0, 0.05) is 59.0 Å². The van der Waals surface area contributed by atoms with Crippen molar-refractivity contribution >= 4 is 40.5 Å². The van der Waals surface area contributed by atoms with Crippen LogP contribution < -0.4 is 25.3 Å². The summed E-state index contributed by atoms with van der Waals surface area (Å²) in [5.74, 6) is -1.30. The topological polar surface area (TPSA) is 105 Å². The highest BCUT2D eigenvalue weighted by atomic mass is 16.3. The molecule has 1 saturated heterocycles. The summed E-state index contributed by atoms with van der Waals surface area (Å²) in [5, 5.41) is 17.2. The number of nitrogens with one attached hydrogen (secondary N) is 2. The van der Waals surface area contributed by atoms with Crippen molar-refractivity contribution in [1.29, 1.82) is 0 Å². The van der Waals surface area contributed by atoms with Gasteiger partial charge in [-0.1, -0.05) is 48.5 Å². The van der Waals surface area contributed by atoms with Gasteiger partial charge in [0.1, 0.15) is 0 Å². The first kappa shape index (κ1) is 29.6. The van der Waals surface area contributed by atoms with Gasteiger partial charge >= 0.3 is 0 Å². The summed E-state index contributed by atoms with van der Waals surface area (Å²) in [6, 6.07) is 24.2. The fraction of sp³-hybridized carbons (Fsp3) is 0.344. The number of carbonyl (C=O) groups is 3. The van der Waals surface area contributed by atoms with Crippen molar-refractivity contribution in [3.05, 3.63) is 84.4 Å². The predicted molar refractivity (Wildman–Crippen MR) is 163 cm³/mol. The molecule has 3 atom stereocenters. The van der Waals surface area contributed by atoms with Crippen LogP contribution in [-0.2, 0) is 20.8 Å². The SMILES string of the molecule is CC(=O)Nc1ccccc1N1C[C@H](C(=O)N[C@@H](Cc2ccccc2)C(O)CN(C)c2cccc(N(C)C)c2)CC1=O. The lowest BCUT2D eigenvalue weighted by atomic mass is 9.99. The molecule has 3 aromatic rings. The van der Waals surface area contributed by atoms with Crippen LogP contribution in [0.15, 0.2) is 78.9 Å². The Morgan fingerprint density at radius 1 is 0.976 bits per heavy atom. The second-order valence-electron chi connectivity index (χ2n) is 10.8. The summed E-state index contributed by atoms with van der Waals surface area (Å²) < 4.78 is 0. The largest absolute Gasteiger partial charge is 0.389 e. The molecule has 1 aliphatic rings. The van der Waals surface area contributed by atoms with E-state index in [-0.39, 0.29) is 30.7 Å². The molecule has 1 unspecified atom stereocenters. The highest BCUT2D eigenvalue weighted by molar-refractivity contribution is 6.04. The maximum absolute atomic E-state index is 13.5. The molecule has 0 radical (unpaired) electrons. The molecular formula is C32H39N5O4. The van der Waals surface area contributed by atoms with E-state index in [9.17, 15) is 19.5 Å². The van der Waals surface area contributed by atoms with Crippen LogP contribution in [0.4, 0.5) is 22.7 Å². The molecule has 0 spiro atoms. The van der Waals surface area contributed by atoms with Gasteiger partial charge in [0.2, 0.25) is 17.7 Å². The number of likely N-dealkylation sites (N-methyl/N-ethyl adjacent to an activating group) is 1. The Balaban J connectivity index is 1.49. The van der Waals surface area contributed by atoms with Crippen LogP contribution >= 0.6 is 0 Å². The second kappa shape index (κ2) is 13.3. The van der Waals surface area contributed by atoms with Crippen LogP contribution in [0.2, 0.25) is 0 Å². The van der Waals surface area contributed by atoms with Crippen LogP contribution in [0.25, 0.3) is 0 Å². The molecular weight excluding hydrogens is 518 g/mol.